The molecule has 6 heteroatoms. The molecular weight excluding hydrogens is 376 g/mol. The first-order valence-corrected chi connectivity index (χ1v) is 11.0. The number of piperazine rings is 2. The number of aliphatic hydroxyl groups excluding tert-OH is 1. The van der Waals surface area contributed by atoms with Gasteiger partial charge in [-0.1, -0.05) is 36.4 Å². The monoisotopic (exact) mass is 408 g/mol. The van der Waals surface area contributed by atoms with Crippen LogP contribution in [0.5, 0.6) is 0 Å². The summed E-state index contributed by atoms with van der Waals surface area (Å²) in [4.78, 5) is 21.5. The van der Waals surface area contributed by atoms with Gasteiger partial charge in [-0.05, 0) is 24.3 Å². The zero-order valence-corrected chi connectivity index (χ0v) is 17.6. The Morgan fingerprint density at radius 1 is 0.733 bits per heavy atom. The van der Waals surface area contributed by atoms with E-state index >= 15 is 0 Å². The first-order chi connectivity index (χ1) is 14.7. The summed E-state index contributed by atoms with van der Waals surface area (Å²) in [6.07, 6.45) is -0.357. The lowest BCUT2D eigenvalue weighted by Crippen LogP contribution is -2.53. The molecule has 4 rings (SSSR count). The third kappa shape index (κ3) is 5.39. The standard InChI is InChI=1S/C24H32N4O2/c29-23(19-25-11-15-27(16-12-25)22-9-5-2-6-10-22)20-26-13-17-28(18-14-26)24(30)21-7-3-1-4-8-21/h1-10,23,29H,11-20H2. The zero-order valence-electron chi connectivity index (χ0n) is 17.6. The van der Waals surface area contributed by atoms with E-state index in [1.165, 1.54) is 5.69 Å². The van der Waals surface area contributed by atoms with Gasteiger partial charge in [0.05, 0.1) is 6.10 Å². The van der Waals surface area contributed by atoms with Crippen molar-refractivity contribution in [2.24, 2.45) is 0 Å². The van der Waals surface area contributed by atoms with Crippen LogP contribution in [0.15, 0.2) is 60.7 Å². The molecule has 0 bridgehead atoms. The molecule has 2 aliphatic heterocycles. The van der Waals surface area contributed by atoms with Crippen LogP contribution in [0.25, 0.3) is 0 Å². The highest BCUT2D eigenvalue weighted by Gasteiger charge is 2.25. The van der Waals surface area contributed by atoms with E-state index in [-0.39, 0.29) is 12.0 Å². The molecule has 2 heterocycles. The van der Waals surface area contributed by atoms with Crippen molar-refractivity contribution >= 4 is 11.6 Å². The number of anilines is 1. The lowest BCUT2D eigenvalue weighted by atomic mass is 10.1. The molecule has 30 heavy (non-hydrogen) atoms. The van der Waals surface area contributed by atoms with Gasteiger partial charge in [0.1, 0.15) is 0 Å². The molecule has 1 atom stereocenters. The number of carbonyl (C=O) groups excluding carboxylic acids is 1. The smallest absolute Gasteiger partial charge is 0.253 e. The number of carbonyl (C=O) groups is 1. The van der Waals surface area contributed by atoms with Crippen molar-refractivity contribution in [2.45, 2.75) is 6.10 Å². The van der Waals surface area contributed by atoms with Crippen LogP contribution in [-0.2, 0) is 0 Å². The second kappa shape index (κ2) is 10.1. The third-order valence-electron chi connectivity index (χ3n) is 6.11. The highest BCUT2D eigenvalue weighted by Crippen LogP contribution is 2.16. The molecule has 0 spiro atoms. The SMILES string of the molecule is O=C(c1ccccc1)N1CCN(CC(O)CN2CCN(c3ccccc3)CC2)CC1. The molecule has 160 valence electrons. The maximum Gasteiger partial charge on any atom is 0.253 e. The number of nitrogens with zero attached hydrogens (tertiary/aromatic N) is 4. The molecule has 2 fully saturated rings. The highest BCUT2D eigenvalue weighted by atomic mass is 16.3. The van der Waals surface area contributed by atoms with Crippen molar-refractivity contribution in [1.82, 2.24) is 14.7 Å². The maximum atomic E-state index is 12.6. The molecule has 1 N–H and O–H groups in total. The fraction of sp³-hybridized carbons (Fsp3) is 0.458. The molecule has 2 aromatic rings. The summed E-state index contributed by atoms with van der Waals surface area (Å²) >= 11 is 0. The van der Waals surface area contributed by atoms with Crippen LogP contribution >= 0.6 is 0 Å². The largest absolute Gasteiger partial charge is 0.390 e. The number of para-hydroxylation sites is 1. The summed E-state index contributed by atoms with van der Waals surface area (Å²) < 4.78 is 0. The molecule has 2 saturated heterocycles. The van der Waals surface area contributed by atoms with Gasteiger partial charge in [0.2, 0.25) is 0 Å². The Balaban J connectivity index is 1.17. The molecule has 2 aromatic carbocycles. The van der Waals surface area contributed by atoms with Gasteiger partial charge in [-0.3, -0.25) is 14.6 Å². The van der Waals surface area contributed by atoms with Crippen LogP contribution in [0.3, 0.4) is 0 Å². The number of amides is 1. The van der Waals surface area contributed by atoms with Crippen molar-refractivity contribution in [3.63, 3.8) is 0 Å². The highest BCUT2D eigenvalue weighted by molar-refractivity contribution is 5.94. The summed E-state index contributed by atoms with van der Waals surface area (Å²) in [6.45, 7) is 8.41. The molecular formula is C24H32N4O2. The van der Waals surface area contributed by atoms with Crippen LogP contribution in [0.4, 0.5) is 5.69 Å². The number of hydrogen-bond acceptors (Lipinski definition) is 5. The Hall–Kier alpha value is -2.41. The van der Waals surface area contributed by atoms with Crippen LogP contribution < -0.4 is 4.90 Å². The predicted octanol–water partition coefficient (Wildman–Crippen LogP) is 1.63. The van der Waals surface area contributed by atoms with Crippen molar-refractivity contribution in [2.75, 3.05) is 70.3 Å². The molecule has 0 saturated carbocycles. The number of rotatable bonds is 6. The fourth-order valence-corrected chi connectivity index (χ4v) is 4.38. The maximum absolute atomic E-state index is 12.6. The summed E-state index contributed by atoms with van der Waals surface area (Å²) in [5.41, 5.74) is 2.03. The number of β-amino-alcohol motifs (C(OH)–C–C–N with tert-alkyl or cyclic N) is 1. The van der Waals surface area contributed by atoms with Crippen LogP contribution in [0.1, 0.15) is 10.4 Å². The van der Waals surface area contributed by atoms with Crippen molar-refractivity contribution in [3.05, 3.63) is 66.2 Å². The van der Waals surface area contributed by atoms with E-state index in [0.717, 1.165) is 57.9 Å². The molecule has 2 aliphatic rings. The zero-order chi connectivity index (χ0) is 20.8. The Morgan fingerprint density at radius 2 is 1.23 bits per heavy atom. The Kier molecular flexibility index (Phi) is 7.00. The van der Waals surface area contributed by atoms with Gasteiger partial charge in [-0.25, -0.2) is 0 Å². The topological polar surface area (TPSA) is 50.3 Å². The van der Waals surface area contributed by atoms with Crippen LogP contribution in [0.2, 0.25) is 0 Å². The molecule has 0 aliphatic carbocycles. The lowest BCUT2D eigenvalue weighted by molar-refractivity contribution is 0.0426. The average Bonchev–Trinajstić information content (AvgIpc) is 2.81. The summed E-state index contributed by atoms with van der Waals surface area (Å²) in [6, 6.07) is 20.0. The first-order valence-electron chi connectivity index (χ1n) is 11.0. The first kappa shape index (κ1) is 20.8. The molecule has 0 radical (unpaired) electrons. The van der Waals surface area contributed by atoms with Gasteiger partial charge >= 0.3 is 0 Å². The van der Waals surface area contributed by atoms with Gasteiger partial charge in [0, 0.05) is 76.7 Å². The second-order valence-electron chi connectivity index (χ2n) is 8.24. The Morgan fingerprint density at radius 3 is 1.80 bits per heavy atom. The number of benzene rings is 2. The molecule has 6 nitrogen and oxygen atoms in total. The van der Waals surface area contributed by atoms with E-state index in [0.29, 0.717) is 13.1 Å². The van der Waals surface area contributed by atoms with Crippen molar-refractivity contribution in [3.8, 4) is 0 Å². The van der Waals surface area contributed by atoms with Crippen molar-refractivity contribution in [1.29, 1.82) is 0 Å². The number of hydrogen-bond donors (Lipinski definition) is 1. The van der Waals surface area contributed by atoms with Crippen LogP contribution in [0, 0.1) is 0 Å². The number of aliphatic hydroxyl groups is 1. The van der Waals surface area contributed by atoms with E-state index < -0.39 is 0 Å². The Bertz CT molecular complexity index is 785. The molecule has 0 aromatic heterocycles. The average molecular weight is 409 g/mol. The minimum absolute atomic E-state index is 0.104. The molecule has 1 unspecified atom stereocenters. The van der Waals surface area contributed by atoms with Crippen molar-refractivity contribution < 1.29 is 9.90 Å². The normalized spacial score (nSPS) is 19.6. The van der Waals surface area contributed by atoms with E-state index in [2.05, 4.69) is 39.0 Å². The van der Waals surface area contributed by atoms with E-state index in [1.54, 1.807) is 0 Å². The second-order valence-corrected chi connectivity index (χ2v) is 8.24. The van der Waals surface area contributed by atoms with Gasteiger partial charge in [0.15, 0.2) is 0 Å². The van der Waals surface area contributed by atoms with Gasteiger partial charge < -0.3 is 14.9 Å². The lowest BCUT2D eigenvalue weighted by Gasteiger charge is -2.39. The van der Waals surface area contributed by atoms with Gasteiger partial charge in [-0.15, -0.1) is 0 Å². The predicted molar refractivity (Wildman–Crippen MR) is 120 cm³/mol. The van der Waals surface area contributed by atoms with E-state index in [9.17, 15) is 9.90 Å². The van der Waals surface area contributed by atoms with E-state index in [4.69, 9.17) is 0 Å². The Labute approximate surface area is 179 Å². The summed E-state index contributed by atoms with van der Waals surface area (Å²) in [5, 5.41) is 10.6. The minimum Gasteiger partial charge on any atom is -0.390 e. The third-order valence-corrected chi connectivity index (χ3v) is 6.11. The quantitative estimate of drug-likeness (QED) is 0.787. The minimum atomic E-state index is -0.357. The fourth-order valence-electron chi connectivity index (χ4n) is 4.38. The van der Waals surface area contributed by atoms with Gasteiger partial charge in [-0.2, -0.15) is 0 Å². The van der Waals surface area contributed by atoms with Crippen LogP contribution in [-0.4, -0.2) is 97.3 Å². The summed E-state index contributed by atoms with van der Waals surface area (Å²) in [7, 11) is 0. The molecule has 1 amide bonds. The van der Waals surface area contributed by atoms with Gasteiger partial charge in [0.25, 0.3) is 5.91 Å². The van der Waals surface area contributed by atoms with E-state index in [1.807, 2.05) is 41.3 Å². The summed E-state index contributed by atoms with van der Waals surface area (Å²) in [5.74, 6) is 0.104.